The summed E-state index contributed by atoms with van der Waals surface area (Å²) in [6, 6.07) is 9.03. The lowest BCUT2D eigenvalue weighted by molar-refractivity contribution is 0.477. The first-order valence-electron chi connectivity index (χ1n) is 11.0. The van der Waals surface area contributed by atoms with E-state index in [1.807, 2.05) is 6.07 Å². The second kappa shape index (κ2) is 8.76. The Labute approximate surface area is 190 Å². The fourth-order valence-electron chi connectivity index (χ4n) is 4.75. The predicted octanol–water partition coefficient (Wildman–Crippen LogP) is 5.51. The van der Waals surface area contributed by atoms with Crippen LogP contribution in [-0.2, 0) is 15.8 Å². The molecule has 170 valence electrons. The summed E-state index contributed by atoms with van der Waals surface area (Å²) in [4.78, 5) is 5.04. The van der Waals surface area contributed by atoms with Crippen molar-refractivity contribution in [3.8, 4) is 0 Å². The average Bonchev–Trinajstić information content (AvgIpc) is 3.51. The maximum absolute atomic E-state index is 13.6. The van der Waals surface area contributed by atoms with Gasteiger partial charge < -0.3 is 4.57 Å². The normalized spacial score (nSPS) is 18.2. The highest BCUT2D eigenvalue weighted by Gasteiger charge is 2.29. The molecule has 5 rings (SSSR count). The van der Waals surface area contributed by atoms with Gasteiger partial charge in [-0.2, -0.15) is 4.31 Å². The summed E-state index contributed by atoms with van der Waals surface area (Å²) in [5.41, 5.74) is 2.10. The molecule has 2 heterocycles. The van der Waals surface area contributed by atoms with Gasteiger partial charge in [0, 0.05) is 31.0 Å². The molecule has 1 aliphatic heterocycles. The third kappa shape index (κ3) is 4.18. The third-order valence-corrected chi connectivity index (χ3v) is 9.23. The van der Waals surface area contributed by atoms with Crippen molar-refractivity contribution in [2.24, 2.45) is 0 Å². The van der Waals surface area contributed by atoms with Crippen LogP contribution in [0.15, 0.2) is 46.5 Å². The van der Waals surface area contributed by atoms with Crippen LogP contribution in [0.2, 0.25) is 0 Å². The maximum atomic E-state index is 13.6. The van der Waals surface area contributed by atoms with Crippen molar-refractivity contribution < 1.29 is 17.2 Å². The minimum atomic E-state index is -3.52. The lowest BCUT2D eigenvalue weighted by atomic mass is 10.2. The number of fused-ring (bicyclic) bond motifs is 1. The van der Waals surface area contributed by atoms with Gasteiger partial charge in [0.1, 0.15) is 11.6 Å². The average molecular weight is 478 g/mol. The molecule has 2 aliphatic rings. The summed E-state index contributed by atoms with van der Waals surface area (Å²) < 4.78 is 57.0. The van der Waals surface area contributed by atoms with Crippen LogP contribution in [0.3, 0.4) is 0 Å². The summed E-state index contributed by atoms with van der Waals surface area (Å²) in [7, 11) is -3.52. The van der Waals surface area contributed by atoms with E-state index in [2.05, 4.69) is 4.57 Å². The Morgan fingerprint density at radius 1 is 0.969 bits per heavy atom. The standard InChI is InChI=1S/C23H25F2N3O2S2/c24-17-11-16(12-18(25)13-17)15-31-23-26-21-14-20(32(29,30)27-9-3-4-10-27)7-8-22(21)28(23)19-5-1-2-6-19/h7-8,11-14,19H,1-6,9-10,15H2. The van der Waals surface area contributed by atoms with Crippen LogP contribution >= 0.6 is 11.8 Å². The molecule has 32 heavy (non-hydrogen) atoms. The molecule has 0 atom stereocenters. The Morgan fingerprint density at radius 2 is 1.66 bits per heavy atom. The molecule has 9 heteroatoms. The second-order valence-corrected chi connectivity index (χ2v) is 11.4. The van der Waals surface area contributed by atoms with E-state index in [1.54, 1.807) is 12.1 Å². The molecule has 1 aromatic heterocycles. The first kappa shape index (κ1) is 21.9. The summed E-state index contributed by atoms with van der Waals surface area (Å²) in [6.07, 6.45) is 6.15. The van der Waals surface area contributed by atoms with E-state index in [1.165, 1.54) is 28.2 Å². The van der Waals surface area contributed by atoms with E-state index in [4.69, 9.17) is 4.98 Å². The SMILES string of the molecule is O=S(=O)(c1ccc2c(c1)nc(SCc1cc(F)cc(F)c1)n2C1CCCC1)N1CCCC1. The molecule has 0 spiro atoms. The van der Waals surface area contributed by atoms with Crippen LogP contribution in [0.5, 0.6) is 0 Å². The molecule has 3 aromatic rings. The highest BCUT2D eigenvalue weighted by molar-refractivity contribution is 7.98. The molecule has 2 aromatic carbocycles. The number of sulfonamides is 1. The van der Waals surface area contributed by atoms with Gasteiger partial charge in [0.25, 0.3) is 0 Å². The molecule has 0 radical (unpaired) electrons. The van der Waals surface area contributed by atoms with Crippen molar-refractivity contribution in [3.63, 3.8) is 0 Å². The highest BCUT2D eigenvalue weighted by Crippen LogP contribution is 2.38. The molecule has 0 bridgehead atoms. The zero-order valence-corrected chi connectivity index (χ0v) is 19.3. The Bertz CT molecular complexity index is 1230. The number of hydrogen-bond donors (Lipinski definition) is 0. The van der Waals surface area contributed by atoms with Crippen molar-refractivity contribution in [1.29, 1.82) is 0 Å². The summed E-state index contributed by atoms with van der Waals surface area (Å²) in [5, 5.41) is 0.757. The van der Waals surface area contributed by atoms with Crippen LogP contribution in [-0.4, -0.2) is 35.4 Å². The third-order valence-electron chi connectivity index (χ3n) is 6.31. The van der Waals surface area contributed by atoms with Gasteiger partial charge in [0.2, 0.25) is 10.0 Å². The number of imidazole rings is 1. The number of rotatable bonds is 6. The van der Waals surface area contributed by atoms with Gasteiger partial charge in [-0.15, -0.1) is 0 Å². The van der Waals surface area contributed by atoms with E-state index in [0.29, 0.717) is 36.0 Å². The molecule has 0 unspecified atom stereocenters. The number of thioether (sulfide) groups is 1. The number of aromatic nitrogens is 2. The minimum Gasteiger partial charge on any atom is -0.316 e. The van der Waals surface area contributed by atoms with Crippen LogP contribution in [0.4, 0.5) is 8.78 Å². The monoisotopic (exact) mass is 477 g/mol. The van der Waals surface area contributed by atoms with Gasteiger partial charge >= 0.3 is 0 Å². The molecule has 1 saturated heterocycles. The fourth-order valence-corrected chi connectivity index (χ4v) is 7.30. The molecule has 0 amide bonds. The number of benzene rings is 2. The van der Waals surface area contributed by atoms with Gasteiger partial charge in [0.05, 0.1) is 15.9 Å². The quantitative estimate of drug-likeness (QED) is 0.440. The number of halogens is 2. The predicted molar refractivity (Wildman–Crippen MR) is 121 cm³/mol. The molecular formula is C23H25F2N3O2S2. The highest BCUT2D eigenvalue weighted by atomic mass is 32.2. The summed E-state index contributed by atoms with van der Waals surface area (Å²) >= 11 is 1.43. The van der Waals surface area contributed by atoms with Crippen LogP contribution < -0.4 is 0 Å². The van der Waals surface area contributed by atoms with E-state index in [0.717, 1.165) is 55.3 Å². The van der Waals surface area contributed by atoms with E-state index in [9.17, 15) is 17.2 Å². The Hall–Kier alpha value is -1.97. The lowest BCUT2D eigenvalue weighted by Crippen LogP contribution is -2.27. The zero-order chi connectivity index (χ0) is 22.3. The van der Waals surface area contributed by atoms with Gasteiger partial charge in [-0.05, 0) is 61.6 Å². The molecule has 2 fully saturated rings. The van der Waals surface area contributed by atoms with Crippen LogP contribution in [0.25, 0.3) is 11.0 Å². The Balaban J connectivity index is 1.51. The van der Waals surface area contributed by atoms with Crippen LogP contribution in [0.1, 0.15) is 50.1 Å². The molecule has 0 N–H and O–H groups in total. The smallest absolute Gasteiger partial charge is 0.243 e. The van der Waals surface area contributed by atoms with Crippen molar-refractivity contribution in [3.05, 3.63) is 53.6 Å². The van der Waals surface area contributed by atoms with Gasteiger partial charge in [0.15, 0.2) is 5.16 Å². The van der Waals surface area contributed by atoms with Gasteiger partial charge in [-0.3, -0.25) is 0 Å². The summed E-state index contributed by atoms with van der Waals surface area (Å²) in [6.45, 7) is 1.12. The Morgan fingerprint density at radius 3 is 2.34 bits per heavy atom. The van der Waals surface area contributed by atoms with E-state index in [-0.39, 0.29) is 4.90 Å². The number of hydrogen-bond acceptors (Lipinski definition) is 4. The lowest BCUT2D eigenvalue weighted by Gasteiger charge is -2.17. The first-order valence-corrected chi connectivity index (χ1v) is 13.4. The topological polar surface area (TPSA) is 55.2 Å². The fraction of sp³-hybridized carbons (Fsp3) is 0.435. The van der Waals surface area contributed by atoms with Crippen molar-refractivity contribution >= 4 is 32.8 Å². The molecule has 5 nitrogen and oxygen atoms in total. The molecular weight excluding hydrogens is 452 g/mol. The van der Waals surface area contributed by atoms with Gasteiger partial charge in [-0.1, -0.05) is 24.6 Å². The zero-order valence-electron chi connectivity index (χ0n) is 17.6. The largest absolute Gasteiger partial charge is 0.316 e. The van der Waals surface area contributed by atoms with Crippen molar-refractivity contribution in [2.75, 3.05) is 13.1 Å². The second-order valence-electron chi connectivity index (χ2n) is 8.53. The van der Waals surface area contributed by atoms with Crippen LogP contribution in [0, 0.1) is 11.6 Å². The van der Waals surface area contributed by atoms with E-state index >= 15 is 0 Å². The van der Waals surface area contributed by atoms with E-state index < -0.39 is 21.7 Å². The molecule has 1 saturated carbocycles. The number of nitrogens with zero attached hydrogens (tertiary/aromatic N) is 3. The Kier molecular flexibility index (Phi) is 5.98. The summed E-state index contributed by atoms with van der Waals surface area (Å²) in [5.74, 6) is -0.813. The maximum Gasteiger partial charge on any atom is 0.243 e. The van der Waals surface area contributed by atoms with Crippen molar-refractivity contribution in [2.45, 2.75) is 60.4 Å². The van der Waals surface area contributed by atoms with Gasteiger partial charge in [-0.25, -0.2) is 22.2 Å². The first-order chi connectivity index (χ1) is 15.4. The molecule has 1 aliphatic carbocycles. The van der Waals surface area contributed by atoms with Crippen molar-refractivity contribution in [1.82, 2.24) is 13.9 Å². The minimum absolute atomic E-state index is 0.270.